The van der Waals surface area contributed by atoms with Gasteiger partial charge in [0.2, 0.25) is 0 Å². The van der Waals surface area contributed by atoms with E-state index in [0.29, 0.717) is 17.1 Å². The van der Waals surface area contributed by atoms with Crippen LogP contribution in [0.25, 0.3) is 6.08 Å². The molecule has 0 saturated carbocycles. The lowest BCUT2D eigenvalue weighted by Gasteiger charge is -2.06. The molecule has 0 unspecified atom stereocenters. The van der Waals surface area contributed by atoms with Crippen LogP contribution in [0.3, 0.4) is 0 Å². The third kappa shape index (κ3) is 3.96. The summed E-state index contributed by atoms with van der Waals surface area (Å²) in [4.78, 5) is 10.4. The molecule has 0 spiro atoms. The number of aliphatic carboxylic acids is 1. The Labute approximate surface area is 109 Å². The lowest BCUT2D eigenvalue weighted by atomic mass is 10.2. The molecule has 2 rings (SSSR count). The fourth-order valence-corrected chi connectivity index (χ4v) is 1.49. The number of carboxylic acids is 1. The molecular formula is C15H11FO3. The Morgan fingerprint density at radius 3 is 2.53 bits per heavy atom. The minimum absolute atomic E-state index is 0.328. The summed E-state index contributed by atoms with van der Waals surface area (Å²) in [5.74, 6) is -0.268. The molecule has 1 N–H and O–H groups in total. The van der Waals surface area contributed by atoms with Crippen molar-refractivity contribution in [3.05, 3.63) is 66.0 Å². The van der Waals surface area contributed by atoms with Gasteiger partial charge >= 0.3 is 5.97 Å². The molecule has 19 heavy (non-hydrogen) atoms. The second-order valence-corrected chi connectivity index (χ2v) is 3.80. The first-order chi connectivity index (χ1) is 9.13. The van der Waals surface area contributed by atoms with Gasteiger partial charge in [-0.3, -0.25) is 0 Å². The van der Waals surface area contributed by atoms with Gasteiger partial charge in [0.1, 0.15) is 17.3 Å². The monoisotopic (exact) mass is 258 g/mol. The Hall–Kier alpha value is -2.62. The molecule has 0 radical (unpaired) electrons. The van der Waals surface area contributed by atoms with Crippen molar-refractivity contribution >= 4 is 12.0 Å². The molecule has 2 aromatic rings. The number of hydrogen-bond donors (Lipinski definition) is 1. The van der Waals surface area contributed by atoms with Gasteiger partial charge in [0.05, 0.1) is 0 Å². The highest BCUT2D eigenvalue weighted by Gasteiger charge is 1.98. The first-order valence-corrected chi connectivity index (χ1v) is 5.58. The van der Waals surface area contributed by atoms with Crippen LogP contribution >= 0.6 is 0 Å². The van der Waals surface area contributed by atoms with Gasteiger partial charge in [-0.05, 0) is 48.0 Å². The molecule has 0 amide bonds. The molecule has 96 valence electrons. The predicted octanol–water partition coefficient (Wildman–Crippen LogP) is 3.72. The first kappa shape index (κ1) is 12.8. The number of hydrogen-bond acceptors (Lipinski definition) is 2. The van der Waals surface area contributed by atoms with Crippen molar-refractivity contribution in [2.75, 3.05) is 0 Å². The first-order valence-electron chi connectivity index (χ1n) is 5.58. The molecule has 0 fully saturated rings. The van der Waals surface area contributed by atoms with Crippen molar-refractivity contribution in [2.24, 2.45) is 0 Å². The number of carboxylic acid groups (broad SMARTS) is 1. The van der Waals surface area contributed by atoms with E-state index in [1.807, 2.05) is 0 Å². The zero-order valence-electron chi connectivity index (χ0n) is 9.92. The van der Waals surface area contributed by atoms with Gasteiger partial charge in [0.15, 0.2) is 0 Å². The van der Waals surface area contributed by atoms with Crippen LogP contribution in [0.1, 0.15) is 5.56 Å². The summed E-state index contributed by atoms with van der Waals surface area (Å²) in [5.41, 5.74) is 0.710. The van der Waals surface area contributed by atoms with Gasteiger partial charge in [0, 0.05) is 6.08 Å². The van der Waals surface area contributed by atoms with Crippen molar-refractivity contribution < 1.29 is 19.0 Å². The van der Waals surface area contributed by atoms with E-state index in [1.165, 1.54) is 30.3 Å². The highest BCUT2D eigenvalue weighted by Crippen LogP contribution is 2.22. The number of ether oxygens (including phenoxy) is 1. The number of halogens is 1. The van der Waals surface area contributed by atoms with E-state index in [4.69, 9.17) is 9.84 Å². The number of carbonyl (C=O) groups is 1. The lowest BCUT2D eigenvalue weighted by molar-refractivity contribution is -0.131. The van der Waals surface area contributed by atoms with Crippen molar-refractivity contribution in [1.82, 2.24) is 0 Å². The quantitative estimate of drug-likeness (QED) is 0.850. The second kappa shape index (κ2) is 5.82. The Balaban J connectivity index is 2.15. The van der Waals surface area contributed by atoms with Gasteiger partial charge < -0.3 is 9.84 Å². The molecule has 0 aromatic heterocycles. The van der Waals surface area contributed by atoms with Crippen LogP contribution in [0.5, 0.6) is 11.5 Å². The largest absolute Gasteiger partial charge is 0.478 e. The van der Waals surface area contributed by atoms with E-state index in [1.54, 1.807) is 24.3 Å². The van der Waals surface area contributed by atoms with E-state index in [-0.39, 0.29) is 5.82 Å². The smallest absolute Gasteiger partial charge is 0.328 e. The summed E-state index contributed by atoms with van der Waals surface area (Å²) in [7, 11) is 0. The van der Waals surface area contributed by atoms with E-state index < -0.39 is 5.97 Å². The maximum absolute atomic E-state index is 12.7. The molecular weight excluding hydrogens is 247 g/mol. The topological polar surface area (TPSA) is 46.5 Å². The molecule has 0 heterocycles. The molecule has 0 aliphatic heterocycles. The maximum Gasteiger partial charge on any atom is 0.328 e. The zero-order valence-corrected chi connectivity index (χ0v) is 9.92. The molecule has 0 aliphatic rings. The summed E-state index contributed by atoms with van der Waals surface area (Å²) in [6.07, 6.45) is 2.52. The van der Waals surface area contributed by atoms with Crippen molar-refractivity contribution in [3.8, 4) is 11.5 Å². The van der Waals surface area contributed by atoms with Crippen LogP contribution in [0.15, 0.2) is 54.6 Å². The molecule has 2 aromatic carbocycles. The fraction of sp³-hybridized carbons (Fsp3) is 0. The molecule has 0 saturated heterocycles. The van der Waals surface area contributed by atoms with Gasteiger partial charge in [-0.2, -0.15) is 0 Å². The number of rotatable bonds is 4. The highest BCUT2D eigenvalue weighted by atomic mass is 19.1. The lowest BCUT2D eigenvalue weighted by Crippen LogP contribution is -1.87. The molecule has 3 nitrogen and oxygen atoms in total. The molecule has 4 heteroatoms. The third-order valence-corrected chi connectivity index (χ3v) is 2.33. The number of benzene rings is 2. The van der Waals surface area contributed by atoms with E-state index >= 15 is 0 Å². The molecule has 0 bridgehead atoms. The minimum atomic E-state index is -1.01. The van der Waals surface area contributed by atoms with Crippen LogP contribution in [0.4, 0.5) is 4.39 Å². The Bertz CT molecular complexity index is 603. The Morgan fingerprint density at radius 1 is 1.11 bits per heavy atom. The van der Waals surface area contributed by atoms with Gasteiger partial charge in [-0.1, -0.05) is 12.1 Å². The SMILES string of the molecule is O=C(O)/C=C/c1cccc(Oc2ccc(F)cc2)c1. The van der Waals surface area contributed by atoms with Crippen molar-refractivity contribution in [3.63, 3.8) is 0 Å². The van der Waals surface area contributed by atoms with E-state index in [2.05, 4.69) is 0 Å². The van der Waals surface area contributed by atoms with E-state index in [0.717, 1.165) is 6.08 Å². The van der Waals surface area contributed by atoms with Crippen LogP contribution < -0.4 is 4.74 Å². The standard InChI is InChI=1S/C15H11FO3/c16-12-5-7-13(8-6-12)19-14-3-1-2-11(10-14)4-9-15(17)18/h1-10H,(H,17,18)/b9-4+. The van der Waals surface area contributed by atoms with Crippen LogP contribution in [-0.4, -0.2) is 11.1 Å². The highest BCUT2D eigenvalue weighted by molar-refractivity contribution is 5.85. The Morgan fingerprint density at radius 2 is 1.84 bits per heavy atom. The molecule has 0 atom stereocenters. The van der Waals surface area contributed by atoms with Crippen LogP contribution in [0.2, 0.25) is 0 Å². The third-order valence-electron chi connectivity index (χ3n) is 2.33. The van der Waals surface area contributed by atoms with Crippen LogP contribution in [0, 0.1) is 5.82 Å². The zero-order chi connectivity index (χ0) is 13.7. The maximum atomic E-state index is 12.7. The summed E-state index contributed by atoms with van der Waals surface area (Å²) < 4.78 is 18.3. The summed E-state index contributed by atoms with van der Waals surface area (Å²) >= 11 is 0. The van der Waals surface area contributed by atoms with Crippen LogP contribution in [-0.2, 0) is 4.79 Å². The average Bonchev–Trinajstić information content (AvgIpc) is 2.40. The summed E-state index contributed by atoms with van der Waals surface area (Å²) in [6.45, 7) is 0. The van der Waals surface area contributed by atoms with E-state index in [9.17, 15) is 9.18 Å². The Kier molecular flexibility index (Phi) is 3.93. The second-order valence-electron chi connectivity index (χ2n) is 3.80. The summed E-state index contributed by atoms with van der Waals surface area (Å²) in [6, 6.07) is 12.6. The molecule has 0 aliphatic carbocycles. The minimum Gasteiger partial charge on any atom is -0.478 e. The van der Waals surface area contributed by atoms with Crippen molar-refractivity contribution in [1.29, 1.82) is 0 Å². The normalized spacial score (nSPS) is 10.6. The van der Waals surface area contributed by atoms with Gasteiger partial charge in [0.25, 0.3) is 0 Å². The summed E-state index contributed by atoms with van der Waals surface area (Å²) in [5, 5.41) is 8.55. The average molecular weight is 258 g/mol. The predicted molar refractivity (Wildman–Crippen MR) is 69.6 cm³/mol. The van der Waals surface area contributed by atoms with Crippen molar-refractivity contribution in [2.45, 2.75) is 0 Å². The fourth-order valence-electron chi connectivity index (χ4n) is 1.49. The van der Waals surface area contributed by atoms with Gasteiger partial charge in [-0.25, -0.2) is 9.18 Å². The van der Waals surface area contributed by atoms with Gasteiger partial charge in [-0.15, -0.1) is 0 Å².